The SMILES string of the molecule is CCOC(=O)N1c2ccc(C(F)(F)F)cc2[C@@H](NC2SC(C(=O)O)=C(C)N2Cc2cc(C(F)(F)F)cc(C(F)(F)F)c2)C[C@H]1CC. The quantitative estimate of drug-likeness (QED) is 0.284. The van der Waals surface area contributed by atoms with Crippen LogP contribution in [0.4, 0.5) is 50.0 Å². The minimum absolute atomic E-state index is 0.00834. The van der Waals surface area contributed by atoms with Gasteiger partial charge < -0.3 is 14.7 Å². The summed E-state index contributed by atoms with van der Waals surface area (Å²) >= 11 is 0.699. The van der Waals surface area contributed by atoms with Crippen LogP contribution in [0, 0.1) is 0 Å². The van der Waals surface area contributed by atoms with Crippen molar-refractivity contribution in [3.05, 3.63) is 74.8 Å². The third-order valence-electron chi connectivity index (χ3n) is 7.61. The molecule has 17 heteroatoms. The number of fused-ring (bicyclic) bond motifs is 1. The number of nitrogens with zero attached hydrogens (tertiary/aromatic N) is 2. The van der Waals surface area contributed by atoms with Crippen molar-refractivity contribution in [2.24, 2.45) is 0 Å². The number of allylic oxidation sites excluding steroid dienone is 1. The predicted molar refractivity (Wildman–Crippen MR) is 149 cm³/mol. The minimum atomic E-state index is -5.12. The van der Waals surface area contributed by atoms with Gasteiger partial charge in [-0.1, -0.05) is 18.7 Å². The van der Waals surface area contributed by atoms with Crippen LogP contribution in [-0.4, -0.2) is 40.2 Å². The maximum atomic E-state index is 13.8. The predicted octanol–water partition coefficient (Wildman–Crippen LogP) is 8.37. The van der Waals surface area contributed by atoms with Crippen LogP contribution in [0.5, 0.6) is 0 Å². The Morgan fingerprint density at radius 2 is 1.52 bits per heavy atom. The molecule has 2 aromatic carbocycles. The van der Waals surface area contributed by atoms with Crippen LogP contribution < -0.4 is 10.2 Å². The molecule has 0 radical (unpaired) electrons. The number of anilines is 1. The summed E-state index contributed by atoms with van der Waals surface area (Å²) in [5.74, 6) is -1.42. The van der Waals surface area contributed by atoms with Crippen molar-refractivity contribution in [1.29, 1.82) is 0 Å². The van der Waals surface area contributed by atoms with E-state index >= 15 is 0 Å². The second kappa shape index (κ2) is 12.9. The van der Waals surface area contributed by atoms with Crippen molar-refractivity contribution in [1.82, 2.24) is 10.2 Å². The molecule has 0 spiro atoms. The van der Waals surface area contributed by atoms with Gasteiger partial charge in [0.05, 0.1) is 29.0 Å². The molecule has 0 saturated heterocycles. The van der Waals surface area contributed by atoms with Gasteiger partial charge in [0.1, 0.15) is 10.4 Å². The molecule has 2 heterocycles. The molecule has 2 aliphatic heterocycles. The first-order valence-electron chi connectivity index (χ1n) is 13.8. The summed E-state index contributed by atoms with van der Waals surface area (Å²) in [5.41, 5.74) is -5.57. The van der Waals surface area contributed by atoms with E-state index in [-0.39, 0.29) is 40.9 Å². The molecule has 1 amide bonds. The van der Waals surface area contributed by atoms with Gasteiger partial charge in [-0.2, -0.15) is 39.5 Å². The highest BCUT2D eigenvalue weighted by Crippen LogP contribution is 2.45. The van der Waals surface area contributed by atoms with Gasteiger partial charge in [0, 0.05) is 24.3 Å². The molecule has 2 aromatic rings. The Kier molecular flexibility index (Phi) is 9.88. The molecular formula is C29H28F9N3O4S. The fourth-order valence-electron chi connectivity index (χ4n) is 5.45. The molecule has 2 aliphatic rings. The van der Waals surface area contributed by atoms with Gasteiger partial charge >= 0.3 is 30.6 Å². The second-order valence-corrected chi connectivity index (χ2v) is 11.7. The Hall–Kier alpha value is -3.60. The number of nitrogens with one attached hydrogen (secondary N) is 1. The highest BCUT2D eigenvalue weighted by molar-refractivity contribution is 8.04. The van der Waals surface area contributed by atoms with Crippen molar-refractivity contribution in [2.45, 2.75) is 76.3 Å². The molecular weight excluding hydrogens is 657 g/mol. The molecule has 3 atom stereocenters. The van der Waals surface area contributed by atoms with Gasteiger partial charge in [-0.3, -0.25) is 10.2 Å². The molecule has 4 rings (SSSR count). The minimum Gasteiger partial charge on any atom is -0.477 e. The largest absolute Gasteiger partial charge is 0.477 e. The van der Waals surface area contributed by atoms with Gasteiger partial charge in [-0.15, -0.1) is 0 Å². The number of thioether (sulfide) groups is 1. The molecule has 0 fully saturated rings. The fourth-order valence-corrected chi connectivity index (χ4v) is 6.66. The highest BCUT2D eigenvalue weighted by Gasteiger charge is 2.43. The average Bonchev–Trinajstić information content (AvgIpc) is 3.25. The molecule has 0 aromatic heterocycles. The summed E-state index contributed by atoms with van der Waals surface area (Å²) in [4.78, 5) is 27.2. The standard InChI is InChI=1S/C29H28F9N3O4S/c1-4-19-12-21(20-11-16(27(30,31)32)6-7-22(20)41(19)26(44)45-5-2)39-25-40(14(3)23(46-25)24(42)43)13-15-8-17(28(33,34)35)10-18(9-15)29(36,37)38/h6-11,19,21,25,39H,4-5,12-13H2,1-3H3,(H,42,43)/t19-,21+,25?/m1/s1. The van der Waals surface area contributed by atoms with Crippen LogP contribution in [0.1, 0.15) is 67.5 Å². The van der Waals surface area contributed by atoms with E-state index < -0.39 is 77.0 Å². The number of ether oxygens (including phenoxy) is 1. The Balaban J connectivity index is 1.78. The van der Waals surface area contributed by atoms with Crippen LogP contribution in [0.3, 0.4) is 0 Å². The molecule has 0 saturated carbocycles. The lowest BCUT2D eigenvalue weighted by atomic mass is 9.89. The molecule has 2 N–H and O–H groups in total. The number of alkyl halides is 9. The number of hydrogen-bond donors (Lipinski definition) is 2. The van der Waals surface area contributed by atoms with Crippen molar-refractivity contribution in [3.63, 3.8) is 0 Å². The third-order valence-corrected chi connectivity index (χ3v) is 8.93. The number of aliphatic carboxylic acids is 1. The zero-order chi connectivity index (χ0) is 34.4. The monoisotopic (exact) mass is 685 g/mol. The summed E-state index contributed by atoms with van der Waals surface area (Å²) in [7, 11) is 0. The zero-order valence-electron chi connectivity index (χ0n) is 24.4. The van der Waals surface area contributed by atoms with Crippen molar-refractivity contribution < 1.29 is 58.9 Å². The Bertz CT molecular complexity index is 1490. The normalized spacial score (nSPS) is 20.7. The average molecular weight is 686 g/mol. The molecule has 252 valence electrons. The Morgan fingerprint density at radius 1 is 0.935 bits per heavy atom. The van der Waals surface area contributed by atoms with Gasteiger partial charge in [-0.25, -0.2) is 9.59 Å². The summed E-state index contributed by atoms with van der Waals surface area (Å²) in [6, 6.07) is 2.25. The smallest absolute Gasteiger partial charge is 0.416 e. The maximum absolute atomic E-state index is 13.8. The van der Waals surface area contributed by atoms with E-state index in [1.54, 1.807) is 13.8 Å². The van der Waals surface area contributed by atoms with Crippen LogP contribution >= 0.6 is 11.8 Å². The van der Waals surface area contributed by atoms with Crippen LogP contribution in [0.2, 0.25) is 0 Å². The van der Waals surface area contributed by atoms with Gasteiger partial charge in [0.15, 0.2) is 0 Å². The third kappa shape index (κ3) is 7.35. The molecule has 1 unspecified atom stereocenters. The van der Waals surface area contributed by atoms with Crippen LogP contribution in [0.25, 0.3) is 0 Å². The lowest BCUT2D eigenvalue weighted by Crippen LogP contribution is -2.49. The molecule has 7 nitrogen and oxygen atoms in total. The molecule has 0 aliphatic carbocycles. The van der Waals surface area contributed by atoms with E-state index in [1.807, 2.05) is 0 Å². The Morgan fingerprint density at radius 3 is 2.02 bits per heavy atom. The maximum Gasteiger partial charge on any atom is 0.416 e. The summed E-state index contributed by atoms with van der Waals surface area (Å²) in [5, 5.41) is 12.9. The number of carbonyl (C=O) groups is 2. The summed E-state index contributed by atoms with van der Waals surface area (Å²) < 4.78 is 128. The van der Waals surface area contributed by atoms with Crippen LogP contribution in [0.15, 0.2) is 47.0 Å². The lowest BCUT2D eigenvalue weighted by Gasteiger charge is -2.42. The number of amides is 1. The summed E-state index contributed by atoms with van der Waals surface area (Å²) in [6.07, 6.45) is -15.4. The lowest BCUT2D eigenvalue weighted by molar-refractivity contribution is -0.143. The van der Waals surface area contributed by atoms with Crippen molar-refractivity contribution in [3.8, 4) is 0 Å². The first kappa shape index (κ1) is 35.3. The number of carboxylic acids is 1. The van der Waals surface area contributed by atoms with E-state index in [4.69, 9.17) is 4.74 Å². The molecule has 0 bridgehead atoms. The number of benzene rings is 2. The second-order valence-electron chi connectivity index (χ2n) is 10.6. The van der Waals surface area contributed by atoms with Gasteiger partial charge in [0.25, 0.3) is 0 Å². The van der Waals surface area contributed by atoms with Crippen molar-refractivity contribution in [2.75, 3.05) is 11.5 Å². The number of rotatable bonds is 7. The van der Waals surface area contributed by atoms with Gasteiger partial charge in [0.2, 0.25) is 0 Å². The fraction of sp³-hybridized carbons (Fsp3) is 0.448. The van der Waals surface area contributed by atoms with E-state index in [0.717, 1.165) is 18.2 Å². The van der Waals surface area contributed by atoms with Crippen LogP contribution in [-0.2, 0) is 34.6 Å². The summed E-state index contributed by atoms with van der Waals surface area (Å²) in [6.45, 7) is 4.01. The number of carboxylic acid groups (broad SMARTS) is 1. The first-order valence-corrected chi connectivity index (χ1v) is 14.7. The van der Waals surface area contributed by atoms with E-state index in [0.29, 0.717) is 30.3 Å². The number of halogens is 9. The topological polar surface area (TPSA) is 82.1 Å². The number of carbonyl (C=O) groups excluding carboxylic acids is 1. The molecule has 46 heavy (non-hydrogen) atoms. The first-order chi connectivity index (χ1) is 21.3. The van der Waals surface area contributed by atoms with Crippen molar-refractivity contribution >= 4 is 29.5 Å². The number of hydrogen-bond acceptors (Lipinski definition) is 6. The van der Waals surface area contributed by atoms with E-state index in [2.05, 4.69) is 5.32 Å². The van der Waals surface area contributed by atoms with E-state index in [9.17, 15) is 54.2 Å². The zero-order valence-corrected chi connectivity index (χ0v) is 25.2. The Labute approximate surface area is 261 Å². The highest BCUT2D eigenvalue weighted by atomic mass is 32.2. The van der Waals surface area contributed by atoms with E-state index in [1.165, 1.54) is 16.7 Å². The van der Waals surface area contributed by atoms with Gasteiger partial charge in [-0.05, 0) is 74.2 Å².